The van der Waals surface area contributed by atoms with Gasteiger partial charge < -0.3 is 4.74 Å². The third kappa shape index (κ3) is 5.09. The number of benzene rings is 2. The molecule has 4 aromatic rings. The predicted molar refractivity (Wildman–Crippen MR) is 132 cm³/mol. The van der Waals surface area contributed by atoms with Gasteiger partial charge in [-0.15, -0.1) is 0 Å². The third-order valence-electron chi connectivity index (χ3n) is 5.40. The van der Waals surface area contributed by atoms with Crippen LogP contribution in [0.5, 0.6) is 5.75 Å². The number of allylic oxidation sites excluding steroid dienone is 1. The molecule has 32 heavy (non-hydrogen) atoms. The molecule has 4 nitrogen and oxygen atoms in total. The van der Waals surface area contributed by atoms with Crippen LogP contribution in [0.15, 0.2) is 67.1 Å². The Bertz CT molecular complexity index is 1220. The van der Waals surface area contributed by atoms with E-state index in [1.807, 2.05) is 18.2 Å². The summed E-state index contributed by atoms with van der Waals surface area (Å²) in [5.41, 5.74) is 3.95. The van der Waals surface area contributed by atoms with E-state index in [-0.39, 0.29) is 0 Å². The molecule has 0 saturated heterocycles. The van der Waals surface area contributed by atoms with Crippen molar-refractivity contribution in [1.29, 1.82) is 0 Å². The average Bonchev–Trinajstić information content (AvgIpc) is 2.82. The van der Waals surface area contributed by atoms with Gasteiger partial charge in [0.2, 0.25) is 0 Å². The predicted octanol–water partition coefficient (Wildman–Crippen LogP) is 6.97. The summed E-state index contributed by atoms with van der Waals surface area (Å²) in [6, 6.07) is 14.5. The maximum atomic E-state index is 6.33. The van der Waals surface area contributed by atoms with E-state index in [1.54, 1.807) is 25.7 Å². The Kier molecular flexibility index (Phi) is 7.35. The molecule has 2 aromatic heterocycles. The number of rotatable bonds is 8. The number of hydrogen-bond acceptors (Lipinski definition) is 4. The smallest absolute Gasteiger partial charge is 0.126 e. The van der Waals surface area contributed by atoms with Crippen LogP contribution >= 0.6 is 23.2 Å². The topological polar surface area (TPSA) is 47.9 Å². The molecule has 0 spiro atoms. The Morgan fingerprint density at radius 1 is 0.938 bits per heavy atom. The van der Waals surface area contributed by atoms with Crippen molar-refractivity contribution in [3.63, 3.8) is 0 Å². The second-order valence-electron chi connectivity index (χ2n) is 7.47. The molecule has 2 aromatic carbocycles. The summed E-state index contributed by atoms with van der Waals surface area (Å²) in [7, 11) is 1.68. The first-order chi connectivity index (χ1) is 15.7. The first-order valence-corrected chi connectivity index (χ1v) is 11.2. The van der Waals surface area contributed by atoms with Crippen molar-refractivity contribution in [2.75, 3.05) is 7.11 Å². The molecule has 4 rings (SSSR count). The molecule has 0 atom stereocenters. The fourth-order valence-electron chi connectivity index (χ4n) is 3.74. The van der Waals surface area contributed by atoms with E-state index in [1.165, 1.54) is 5.56 Å². The SMILES string of the molecule is COc1ccc2c(Cc3c(Cl)cncc3Cl)nncc2c1/C=C/CCCc1ccccc1. The fourth-order valence-corrected chi connectivity index (χ4v) is 4.24. The van der Waals surface area contributed by atoms with Crippen LogP contribution < -0.4 is 4.74 Å². The Hall–Kier alpha value is -2.95. The number of methoxy groups -OCH3 is 1. The molecule has 0 saturated carbocycles. The zero-order valence-electron chi connectivity index (χ0n) is 17.8. The number of unbranched alkanes of at least 4 members (excludes halogenated alkanes) is 1. The molecule has 0 aliphatic rings. The van der Waals surface area contributed by atoms with Crippen LogP contribution in [0.4, 0.5) is 0 Å². The molecule has 0 aliphatic heterocycles. The lowest BCUT2D eigenvalue weighted by atomic mass is 10.00. The molecule has 0 radical (unpaired) electrons. The number of halogens is 2. The van der Waals surface area contributed by atoms with E-state index in [4.69, 9.17) is 27.9 Å². The average molecular weight is 464 g/mol. The molecule has 0 unspecified atom stereocenters. The number of aryl methyl sites for hydroxylation is 1. The molecule has 0 fully saturated rings. The number of hydrogen-bond donors (Lipinski definition) is 0. The van der Waals surface area contributed by atoms with Crippen molar-refractivity contribution in [2.45, 2.75) is 25.7 Å². The summed E-state index contributed by atoms with van der Waals surface area (Å²) in [6.07, 6.45) is 12.8. The van der Waals surface area contributed by atoms with Crippen molar-refractivity contribution in [3.05, 3.63) is 99.6 Å². The van der Waals surface area contributed by atoms with Gasteiger partial charge in [0.15, 0.2) is 0 Å². The van der Waals surface area contributed by atoms with Gasteiger partial charge in [-0.05, 0) is 42.5 Å². The monoisotopic (exact) mass is 463 g/mol. The van der Waals surface area contributed by atoms with E-state index in [9.17, 15) is 0 Å². The zero-order chi connectivity index (χ0) is 22.3. The lowest BCUT2D eigenvalue weighted by Gasteiger charge is -2.12. The van der Waals surface area contributed by atoms with E-state index in [0.29, 0.717) is 16.5 Å². The lowest BCUT2D eigenvalue weighted by Crippen LogP contribution is -2.00. The van der Waals surface area contributed by atoms with Crippen LogP contribution in [0.1, 0.15) is 35.2 Å². The van der Waals surface area contributed by atoms with Crippen molar-refractivity contribution in [3.8, 4) is 5.75 Å². The summed E-state index contributed by atoms with van der Waals surface area (Å²) in [4.78, 5) is 4.03. The van der Waals surface area contributed by atoms with E-state index < -0.39 is 0 Å². The molecule has 0 aliphatic carbocycles. The summed E-state index contributed by atoms with van der Waals surface area (Å²) < 4.78 is 5.63. The number of nitrogens with zero attached hydrogens (tertiary/aromatic N) is 3. The molecule has 0 amide bonds. The highest BCUT2D eigenvalue weighted by Crippen LogP contribution is 2.32. The van der Waals surface area contributed by atoms with Crippen LogP contribution in [0.3, 0.4) is 0 Å². The third-order valence-corrected chi connectivity index (χ3v) is 6.05. The lowest BCUT2D eigenvalue weighted by molar-refractivity contribution is 0.414. The molecular weight excluding hydrogens is 441 g/mol. The summed E-state index contributed by atoms with van der Waals surface area (Å²) >= 11 is 12.7. The minimum atomic E-state index is 0.469. The van der Waals surface area contributed by atoms with Crippen LogP contribution in [0.2, 0.25) is 10.0 Å². The van der Waals surface area contributed by atoms with Gasteiger partial charge in [-0.3, -0.25) is 4.98 Å². The van der Waals surface area contributed by atoms with Gasteiger partial charge in [-0.2, -0.15) is 10.2 Å². The minimum Gasteiger partial charge on any atom is -0.496 e. The van der Waals surface area contributed by atoms with Crippen molar-refractivity contribution in [1.82, 2.24) is 15.2 Å². The highest BCUT2D eigenvalue weighted by Gasteiger charge is 2.14. The maximum absolute atomic E-state index is 6.33. The number of aromatic nitrogens is 3. The first kappa shape index (κ1) is 22.3. The van der Waals surface area contributed by atoms with E-state index in [0.717, 1.165) is 52.6 Å². The largest absolute Gasteiger partial charge is 0.496 e. The maximum Gasteiger partial charge on any atom is 0.126 e. The minimum absolute atomic E-state index is 0.469. The number of fused-ring (bicyclic) bond motifs is 1. The summed E-state index contributed by atoms with van der Waals surface area (Å²) in [5, 5.41) is 11.6. The van der Waals surface area contributed by atoms with Gasteiger partial charge in [0, 0.05) is 35.2 Å². The fraction of sp³-hybridized carbons (Fsp3) is 0.192. The van der Waals surface area contributed by atoms with Crippen LogP contribution in [-0.2, 0) is 12.8 Å². The highest BCUT2D eigenvalue weighted by molar-refractivity contribution is 6.35. The molecule has 0 bridgehead atoms. The van der Waals surface area contributed by atoms with Crippen LogP contribution in [-0.4, -0.2) is 22.3 Å². The quantitative estimate of drug-likeness (QED) is 0.264. The molecule has 6 heteroatoms. The van der Waals surface area contributed by atoms with Gasteiger partial charge in [0.05, 0.1) is 29.0 Å². The van der Waals surface area contributed by atoms with Crippen molar-refractivity contribution < 1.29 is 4.74 Å². The first-order valence-electron chi connectivity index (χ1n) is 10.5. The Balaban J connectivity index is 1.60. The van der Waals surface area contributed by atoms with Crippen LogP contribution in [0.25, 0.3) is 16.8 Å². The normalized spacial score (nSPS) is 11.3. The van der Waals surface area contributed by atoms with Gasteiger partial charge in [0.25, 0.3) is 0 Å². The van der Waals surface area contributed by atoms with Crippen molar-refractivity contribution in [2.24, 2.45) is 0 Å². The van der Waals surface area contributed by atoms with E-state index >= 15 is 0 Å². The number of ether oxygens (including phenoxy) is 1. The highest BCUT2D eigenvalue weighted by atomic mass is 35.5. The van der Waals surface area contributed by atoms with E-state index in [2.05, 4.69) is 51.6 Å². The molecule has 2 heterocycles. The molecular formula is C26H23Cl2N3O. The summed E-state index contributed by atoms with van der Waals surface area (Å²) in [5.74, 6) is 0.802. The van der Waals surface area contributed by atoms with Gasteiger partial charge in [-0.1, -0.05) is 65.7 Å². The van der Waals surface area contributed by atoms with Gasteiger partial charge in [0.1, 0.15) is 5.75 Å². The van der Waals surface area contributed by atoms with Crippen LogP contribution in [0, 0.1) is 0 Å². The second kappa shape index (κ2) is 10.6. The zero-order valence-corrected chi connectivity index (χ0v) is 19.3. The summed E-state index contributed by atoms with van der Waals surface area (Å²) in [6.45, 7) is 0. The second-order valence-corrected chi connectivity index (χ2v) is 8.29. The molecule has 0 N–H and O–H groups in total. The standard InChI is InChI=1S/C26H23Cl2N3O/c1-32-26-13-12-19-22(20(26)11-7-3-6-10-18-8-4-2-5-9-18)15-30-31-25(19)14-21-23(27)16-29-17-24(21)28/h2,4-5,7-9,11-13,15-17H,3,6,10,14H2,1H3/b11-7+. The Morgan fingerprint density at radius 2 is 1.72 bits per heavy atom. The molecule has 162 valence electrons. The van der Waals surface area contributed by atoms with Crippen molar-refractivity contribution >= 4 is 40.1 Å². The Morgan fingerprint density at radius 3 is 2.47 bits per heavy atom. The van der Waals surface area contributed by atoms with Gasteiger partial charge in [-0.25, -0.2) is 0 Å². The Labute approximate surface area is 197 Å². The van der Waals surface area contributed by atoms with Gasteiger partial charge >= 0.3 is 0 Å². The number of pyridine rings is 1.